The molecule has 0 spiro atoms. The fourth-order valence-electron chi connectivity index (χ4n) is 5.54. The lowest BCUT2D eigenvalue weighted by atomic mass is 10.1. The lowest BCUT2D eigenvalue weighted by molar-refractivity contribution is 0.299. The number of halogens is 6. The molecule has 66 heavy (non-hydrogen) atoms. The highest BCUT2D eigenvalue weighted by molar-refractivity contribution is 8.22. The Morgan fingerprint density at radius 3 is 1.47 bits per heavy atom. The van der Waals surface area contributed by atoms with Crippen LogP contribution in [0.3, 0.4) is 0 Å². The summed E-state index contributed by atoms with van der Waals surface area (Å²) < 4.78 is 90.6. The molecule has 8 nitrogen and oxygen atoms in total. The van der Waals surface area contributed by atoms with Crippen LogP contribution in [0, 0.1) is 34.9 Å². The van der Waals surface area contributed by atoms with Crippen LogP contribution in [0.2, 0.25) is 0 Å². The maximum absolute atomic E-state index is 13.7. The Kier molecular flexibility index (Phi) is 21.6. The van der Waals surface area contributed by atoms with Crippen LogP contribution in [-0.2, 0) is 26.3 Å². The number of thioether (sulfide) groups is 1. The Labute approximate surface area is 396 Å². The van der Waals surface area contributed by atoms with E-state index in [0.717, 1.165) is 46.6 Å². The second-order valence-electron chi connectivity index (χ2n) is 14.2. The fourth-order valence-corrected chi connectivity index (χ4v) is 5.83. The number of ether oxygens (including phenoxy) is 2. The average molecular weight is 963 g/mol. The monoisotopic (exact) mass is 962 g/mol. The first kappa shape index (κ1) is 52.4. The number of nitrogens with one attached hydrogen (secondary N) is 3. The number of nitrogens with zero attached hydrogens (tertiary/aromatic N) is 3. The van der Waals surface area contributed by atoms with Crippen molar-refractivity contribution in [2.24, 2.45) is 10.2 Å². The molecule has 17 heteroatoms. The van der Waals surface area contributed by atoms with Crippen LogP contribution < -0.4 is 25.6 Å². The largest absolute Gasteiger partial charge is 0.489 e. The third-order valence-electron chi connectivity index (χ3n) is 9.11. The van der Waals surface area contributed by atoms with Crippen LogP contribution in [0.25, 0.3) is 0 Å². The molecule has 6 rings (SSSR count). The van der Waals surface area contributed by atoms with Gasteiger partial charge in [0.05, 0.1) is 11.4 Å². The van der Waals surface area contributed by atoms with Gasteiger partial charge in [-0.2, -0.15) is 10.2 Å². The smallest absolute Gasteiger partial charge is 0.189 e. The van der Waals surface area contributed by atoms with Crippen LogP contribution in [0.5, 0.6) is 11.5 Å². The lowest BCUT2D eigenvalue weighted by Gasteiger charge is -2.19. The van der Waals surface area contributed by atoms with Crippen LogP contribution in [0.15, 0.2) is 144 Å². The van der Waals surface area contributed by atoms with Crippen molar-refractivity contribution in [3.05, 3.63) is 202 Å². The Hall–Kier alpha value is -6.27. The summed E-state index contributed by atoms with van der Waals surface area (Å²) in [7, 11) is 3.63. The molecular formula is C49H48F6N6O2S3. The topological polar surface area (TPSA) is 82.5 Å². The van der Waals surface area contributed by atoms with Crippen LogP contribution >= 0.6 is 36.2 Å². The quantitative estimate of drug-likeness (QED) is 0.0428. The molecule has 0 atom stereocenters. The van der Waals surface area contributed by atoms with Gasteiger partial charge in [0.2, 0.25) is 0 Å². The van der Waals surface area contributed by atoms with Gasteiger partial charge in [0.15, 0.2) is 9.43 Å². The molecule has 0 aliphatic carbocycles. The Morgan fingerprint density at radius 1 is 0.591 bits per heavy atom. The average Bonchev–Trinajstić information content (AvgIpc) is 3.30. The van der Waals surface area contributed by atoms with Gasteiger partial charge in [0, 0.05) is 43.4 Å². The first-order chi connectivity index (χ1) is 31.6. The molecule has 0 amide bonds. The number of benzene rings is 6. The first-order valence-corrected chi connectivity index (χ1v) is 22.1. The predicted molar refractivity (Wildman–Crippen MR) is 261 cm³/mol. The SMILES string of the molecule is C/C(=N\NC(=S)N(C)Cc1cccc(F)c1)c1ccc(OCc2ccc(F)cc2F)cc1.CNCc1cccc(F)c1.CSC(=S)N/N=C(\C)c1ccc(OCc2ccc(F)cc2F)cc1. The number of hydrogen-bond donors (Lipinski definition) is 3. The van der Waals surface area contributed by atoms with Crippen LogP contribution in [0.1, 0.15) is 47.2 Å². The lowest BCUT2D eigenvalue weighted by Crippen LogP contribution is -2.34. The summed E-state index contributed by atoms with van der Waals surface area (Å²) in [6.45, 7) is 4.87. The third-order valence-corrected chi connectivity index (χ3v) is 10.6. The number of hydrogen-bond acceptors (Lipinski definition) is 8. The van der Waals surface area contributed by atoms with Crippen molar-refractivity contribution in [3.8, 4) is 11.5 Å². The molecule has 0 heterocycles. The van der Waals surface area contributed by atoms with Crippen molar-refractivity contribution in [2.45, 2.75) is 40.2 Å². The highest BCUT2D eigenvalue weighted by atomic mass is 32.2. The van der Waals surface area contributed by atoms with Crippen molar-refractivity contribution in [1.29, 1.82) is 0 Å². The van der Waals surface area contributed by atoms with Crippen molar-refractivity contribution in [2.75, 3.05) is 20.4 Å². The summed E-state index contributed by atoms with van der Waals surface area (Å²) in [5.74, 6) is -1.83. The van der Waals surface area contributed by atoms with E-state index in [1.165, 1.54) is 60.3 Å². The van der Waals surface area contributed by atoms with Crippen LogP contribution in [-0.4, -0.2) is 46.1 Å². The maximum atomic E-state index is 13.7. The van der Waals surface area contributed by atoms with Gasteiger partial charge in [-0.05, 0) is 159 Å². The van der Waals surface area contributed by atoms with Crippen molar-refractivity contribution in [1.82, 2.24) is 21.1 Å². The molecular weight excluding hydrogens is 915 g/mol. The zero-order chi connectivity index (χ0) is 48.0. The molecule has 0 saturated carbocycles. The summed E-state index contributed by atoms with van der Waals surface area (Å²) in [6, 6.07) is 34.0. The van der Waals surface area contributed by atoms with Crippen LogP contribution in [0.4, 0.5) is 26.3 Å². The summed E-state index contributed by atoms with van der Waals surface area (Å²) in [5, 5.41) is 11.8. The molecule has 6 aromatic carbocycles. The van der Waals surface area contributed by atoms with Gasteiger partial charge < -0.3 is 19.7 Å². The molecule has 3 N–H and O–H groups in total. The van der Waals surface area contributed by atoms with Gasteiger partial charge in [-0.1, -0.05) is 48.2 Å². The highest BCUT2D eigenvalue weighted by Gasteiger charge is 2.09. The Bertz CT molecular complexity index is 2580. The van der Waals surface area contributed by atoms with E-state index in [1.54, 1.807) is 48.3 Å². The second kappa shape index (κ2) is 27.3. The van der Waals surface area contributed by atoms with Crippen molar-refractivity contribution < 1.29 is 35.8 Å². The van der Waals surface area contributed by atoms with Gasteiger partial charge >= 0.3 is 0 Å². The minimum Gasteiger partial charge on any atom is -0.489 e. The molecule has 0 aliphatic rings. The van der Waals surface area contributed by atoms with Gasteiger partial charge in [-0.3, -0.25) is 10.9 Å². The molecule has 0 fully saturated rings. The van der Waals surface area contributed by atoms with E-state index in [9.17, 15) is 26.3 Å². The molecule has 0 unspecified atom stereocenters. The summed E-state index contributed by atoms with van der Waals surface area (Å²) in [5.41, 5.74) is 11.2. The Balaban J connectivity index is 0.000000245. The molecule has 0 saturated heterocycles. The zero-order valence-corrected chi connectivity index (χ0v) is 39.1. The normalized spacial score (nSPS) is 11.0. The maximum Gasteiger partial charge on any atom is 0.189 e. The Morgan fingerprint density at radius 2 is 1.03 bits per heavy atom. The van der Waals surface area contributed by atoms with Gasteiger partial charge in [-0.25, -0.2) is 26.3 Å². The zero-order valence-electron chi connectivity index (χ0n) is 36.7. The fraction of sp³-hybridized carbons (Fsp3) is 0.184. The van der Waals surface area contributed by atoms with E-state index in [-0.39, 0.29) is 30.4 Å². The number of rotatable bonds is 14. The standard InChI is InChI=1S/C24H22F3N3OS.C17H16F2N2OS2.C8H10FN/c1-16(28-29-24(32)30(2)14-17-4-3-5-20(25)12-17)18-7-10-22(11-8-18)31-15-19-6-9-21(26)13-23(19)27;1-11(20-21-17(23)24-2)12-4-7-15(8-5-12)22-10-13-3-6-14(18)9-16(13)19;1-10-6-7-3-2-4-8(9)5-7/h3-13H,14-15H2,1-2H3,(H,29,32);3-9H,10H2,1-2H3,(H,21,23);2-5,10H,6H2,1H3/b28-16+;20-11+;. The summed E-state index contributed by atoms with van der Waals surface area (Å²) in [6.07, 6.45) is 1.87. The number of thiocarbonyl (C=S) groups is 2. The number of hydrazone groups is 2. The van der Waals surface area contributed by atoms with Crippen molar-refractivity contribution >= 4 is 57.1 Å². The van der Waals surface area contributed by atoms with Gasteiger partial charge in [0.25, 0.3) is 0 Å². The minimum absolute atomic E-state index is 0.00793. The van der Waals surface area contributed by atoms with E-state index < -0.39 is 23.3 Å². The van der Waals surface area contributed by atoms with Crippen molar-refractivity contribution in [3.63, 3.8) is 0 Å². The van der Waals surface area contributed by atoms with Gasteiger partial charge in [-0.15, -0.1) is 0 Å². The molecule has 0 aromatic heterocycles. The van der Waals surface area contributed by atoms with E-state index >= 15 is 0 Å². The van der Waals surface area contributed by atoms with Gasteiger partial charge in [0.1, 0.15) is 59.6 Å². The minimum atomic E-state index is -0.644. The summed E-state index contributed by atoms with van der Waals surface area (Å²) >= 11 is 11.8. The van der Waals surface area contributed by atoms with E-state index in [0.29, 0.717) is 38.8 Å². The third kappa shape index (κ3) is 18.3. The predicted octanol–water partition coefficient (Wildman–Crippen LogP) is 11.5. The van der Waals surface area contributed by atoms with E-state index in [4.69, 9.17) is 33.9 Å². The molecule has 6 aromatic rings. The molecule has 346 valence electrons. The summed E-state index contributed by atoms with van der Waals surface area (Å²) in [4.78, 5) is 1.76. The highest BCUT2D eigenvalue weighted by Crippen LogP contribution is 2.19. The van der Waals surface area contributed by atoms with E-state index in [2.05, 4.69) is 26.4 Å². The molecule has 0 radical (unpaired) electrons. The van der Waals surface area contributed by atoms with E-state index in [1.807, 2.05) is 63.5 Å². The first-order valence-electron chi connectivity index (χ1n) is 20.1. The molecule has 0 aliphatic heterocycles. The molecule has 0 bridgehead atoms. The second-order valence-corrected chi connectivity index (χ2v) is 16.0.